The molecule has 0 saturated carbocycles. The molecule has 2 aromatic carbocycles. The quantitative estimate of drug-likeness (QED) is 0.395. The summed E-state index contributed by atoms with van der Waals surface area (Å²) in [5.41, 5.74) is 1.13. The van der Waals surface area contributed by atoms with E-state index in [-0.39, 0.29) is 12.4 Å². The van der Waals surface area contributed by atoms with Crippen molar-refractivity contribution in [2.75, 3.05) is 0 Å². The first-order valence-electron chi connectivity index (χ1n) is 9.29. The molecule has 1 N–H and O–H groups in total. The molecule has 2 aromatic heterocycles. The van der Waals surface area contributed by atoms with Crippen LogP contribution in [0.25, 0.3) is 16.6 Å². The number of nitrogens with one attached hydrogen (secondary N) is 1. The van der Waals surface area contributed by atoms with Gasteiger partial charge in [-0.05, 0) is 42.0 Å². The largest absolute Gasteiger partial charge is 0.416 e. The van der Waals surface area contributed by atoms with Crippen LogP contribution < -0.4 is 9.88 Å². The Bertz CT molecular complexity index is 1260. The molecular weight excluding hydrogens is 412 g/mol. The third kappa shape index (κ3) is 4.25. The molecule has 4 rings (SSSR count). The second-order valence-corrected chi connectivity index (χ2v) is 7.05. The van der Waals surface area contributed by atoms with Crippen molar-refractivity contribution in [3.8, 4) is 5.69 Å². The zero-order valence-electron chi connectivity index (χ0n) is 16.3. The Morgan fingerprint density at radius 2 is 1.87 bits per heavy atom. The SMILES string of the molecule is C[n+]1cc(C(=O)NCc2cccc(C(F)(F)F)c2)c2cnn(-c3ccc(F)cc3)c2c1. The molecule has 0 bridgehead atoms. The first kappa shape index (κ1) is 20.5. The standard InChI is InChI=1S/C22H16F4N4O/c1-29-12-19(21(31)27-10-14-3-2-4-15(9-14)22(24,25)26)18-11-28-30(20(18)13-29)17-7-5-16(23)6-8-17/h2-9,11-13H,10H2,1H3/p+1. The van der Waals surface area contributed by atoms with Crippen molar-refractivity contribution >= 4 is 16.8 Å². The molecule has 1 amide bonds. The molecule has 0 fully saturated rings. The van der Waals surface area contributed by atoms with Crippen molar-refractivity contribution in [3.63, 3.8) is 0 Å². The maximum Gasteiger partial charge on any atom is 0.416 e. The van der Waals surface area contributed by atoms with Gasteiger partial charge in [-0.2, -0.15) is 18.3 Å². The number of fused-ring (bicyclic) bond motifs is 1. The zero-order valence-corrected chi connectivity index (χ0v) is 16.3. The van der Waals surface area contributed by atoms with E-state index in [1.54, 1.807) is 40.8 Å². The molecule has 0 aliphatic carbocycles. The molecule has 9 heteroatoms. The van der Waals surface area contributed by atoms with Gasteiger partial charge in [0.1, 0.15) is 23.9 Å². The molecule has 31 heavy (non-hydrogen) atoms. The lowest BCUT2D eigenvalue weighted by Gasteiger charge is -2.10. The van der Waals surface area contributed by atoms with Gasteiger partial charge in [0.2, 0.25) is 0 Å². The van der Waals surface area contributed by atoms with Gasteiger partial charge in [0, 0.05) is 11.9 Å². The van der Waals surface area contributed by atoms with Gasteiger partial charge in [-0.3, -0.25) is 4.79 Å². The Labute approximate surface area is 174 Å². The number of benzene rings is 2. The Balaban J connectivity index is 1.62. The van der Waals surface area contributed by atoms with E-state index in [4.69, 9.17) is 0 Å². The number of hydrogen-bond acceptors (Lipinski definition) is 2. The highest BCUT2D eigenvalue weighted by Gasteiger charge is 2.30. The summed E-state index contributed by atoms with van der Waals surface area (Å²) in [6.45, 7) is -0.0606. The van der Waals surface area contributed by atoms with Gasteiger partial charge in [-0.1, -0.05) is 12.1 Å². The number of carbonyl (C=O) groups excluding carboxylic acids is 1. The molecule has 0 aliphatic heterocycles. The molecule has 0 atom stereocenters. The third-order valence-corrected chi connectivity index (χ3v) is 4.78. The van der Waals surface area contributed by atoms with E-state index in [2.05, 4.69) is 10.4 Å². The van der Waals surface area contributed by atoms with E-state index in [0.717, 1.165) is 12.1 Å². The fraction of sp³-hybridized carbons (Fsp3) is 0.136. The number of halogens is 4. The third-order valence-electron chi connectivity index (χ3n) is 4.78. The summed E-state index contributed by atoms with van der Waals surface area (Å²) >= 11 is 0. The van der Waals surface area contributed by atoms with E-state index in [0.29, 0.717) is 27.7 Å². The molecule has 0 aliphatic rings. The lowest BCUT2D eigenvalue weighted by Crippen LogP contribution is -2.31. The molecule has 4 aromatic rings. The number of carbonyl (C=O) groups is 1. The maximum absolute atomic E-state index is 13.2. The molecule has 0 radical (unpaired) electrons. The Morgan fingerprint density at radius 1 is 1.13 bits per heavy atom. The van der Waals surface area contributed by atoms with Crippen molar-refractivity contribution in [1.29, 1.82) is 0 Å². The number of aromatic nitrogens is 3. The summed E-state index contributed by atoms with van der Waals surface area (Å²) in [5, 5.41) is 7.53. The number of rotatable bonds is 4. The Hall–Kier alpha value is -3.75. The maximum atomic E-state index is 13.2. The summed E-state index contributed by atoms with van der Waals surface area (Å²) in [6.07, 6.45) is 0.460. The lowest BCUT2D eigenvalue weighted by molar-refractivity contribution is -0.670. The first-order valence-corrected chi connectivity index (χ1v) is 9.29. The van der Waals surface area contributed by atoms with E-state index in [1.807, 2.05) is 0 Å². The summed E-state index contributed by atoms with van der Waals surface area (Å²) in [4.78, 5) is 12.8. The van der Waals surface area contributed by atoms with Crippen LogP contribution in [-0.4, -0.2) is 15.7 Å². The summed E-state index contributed by atoms with van der Waals surface area (Å²) in [7, 11) is 1.74. The second-order valence-electron chi connectivity index (χ2n) is 7.05. The number of nitrogens with zero attached hydrogens (tertiary/aromatic N) is 3. The van der Waals surface area contributed by atoms with Crippen LogP contribution in [0.5, 0.6) is 0 Å². The van der Waals surface area contributed by atoms with Crippen LogP contribution >= 0.6 is 0 Å². The molecule has 0 unspecified atom stereocenters. The van der Waals surface area contributed by atoms with Crippen molar-refractivity contribution in [2.45, 2.75) is 12.7 Å². The minimum Gasteiger partial charge on any atom is -0.348 e. The minimum absolute atomic E-state index is 0.0606. The molecule has 0 spiro atoms. The topological polar surface area (TPSA) is 50.8 Å². The minimum atomic E-state index is -4.45. The predicted octanol–water partition coefficient (Wildman–Crippen LogP) is 3.94. The fourth-order valence-corrected chi connectivity index (χ4v) is 3.30. The molecular formula is C22H17F4N4O+. The molecule has 5 nitrogen and oxygen atoms in total. The van der Waals surface area contributed by atoms with Crippen LogP contribution in [0.3, 0.4) is 0 Å². The van der Waals surface area contributed by atoms with E-state index < -0.39 is 17.6 Å². The van der Waals surface area contributed by atoms with Crippen LogP contribution in [0.4, 0.5) is 17.6 Å². The average molecular weight is 429 g/mol. The summed E-state index contributed by atoms with van der Waals surface area (Å²) in [6, 6.07) is 10.6. The highest BCUT2D eigenvalue weighted by molar-refractivity contribution is 6.05. The van der Waals surface area contributed by atoms with Crippen molar-refractivity contribution in [3.05, 3.63) is 89.6 Å². The van der Waals surface area contributed by atoms with E-state index in [1.165, 1.54) is 30.5 Å². The number of aryl methyl sites for hydroxylation is 1. The lowest BCUT2D eigenvalue weighted by atomic mass is 10.1. The van der Waals surface area contributed by atoms with Gasteiger partial charge in [0.15, 0.2) is 12.4 Å². The average Bonchev–Trinajstić information content (AvgIpc) is 3.15. The summed E-state index contributed by atoms with van der Waals surface area (Å²) in [5.74, 6) is -0.822. The molecule has 2 heterocycles. The van der Waals surface area contributed by atoms with Crippen LogP contribution in [-0.2, 0) is 19.8 Å². The summed E-state index contributed by atoms with van der Waals surface area (Å²) < 4.78 is 55.2. The van der Waals surface area contributed by atoms with Gasteiger partial charge in [-0.15, -0.1) is 0 Å². The highest BCUT2D eigenvalue weighted by Crippen LogP contribution is 2.29. The van der Waals surface area contributed by atoms with Crippen molar-refractivity contribution in [2.24, 2.45) is 7.05 Å². The Kier molecular flexibility index (Phi) is 5.18. The normalized spacial score (nSPS) is 11.6. The smallest absolute Gasteiger partial charge is 0.348 e. The van der Waals surface area contributed by atoms with Gasteiger partial charge >= 0.3 is 6.18 Å². The molecule has 0 saturated heterocycles. The van der Waals surface area contributed by atoms with Gasteiger partial charge in [0.25, 0.3) is 5.91 Å². The Morgan fingerprint density at radius 3 is 2.58 bits per heavy atom. The van der Waals surface area contributed by atoms with Crippen LogP contribution in [0.15, 0.2) is 67.1 Å². The van der Waals surface area contributed by atoms with E-state index >= 15 is 0 Å². The van der Waals surface area contributed by atoms with Crippen molar-refractivity contribution < 1.29 is 26.9 Å². The van der Waals surface area contributed by atoms with Gasteiger partial charge in [-0.25, -0.2) is 13.6 Å². The van der Waals surface area contributed by atoms with Crippen LogP contribution in [0, 0.1) is 5.82 Å². The number of alkyl halides is 3. The predicted molar refractivity (Wildman–Crippen MR) is 105 cm³/mol. The van der Waals surface area contributed by atoms with Gasteiger partial charge in [0.05, 0.1) is 17.4 Å². The first-order chi connectivity index (χ1) is 14.7. The van der Waals surface area contributed by atoms with Gasteiger partial charge < -0.3 is 5.32 Å². The molecule has 158 valence electrons. The monoisotopic (exact) mass is 429 g/mol. The van der Waals surface area contributed by atoms with Crippen LogP contribution in [0.2, 0.25) is 0 Å². The zero-order chi connectivity index (χ0) is 22.2. The van der Waals surface area contributed by atoms with Crippen LogP contribution in [0.1, 0.15) is 21.5 Å². The number of amides is 1. The number of pyridine rings is 1. The highest BCUT2D eigenvalue weighted by atomic mass is 19.4. The van der Waals surface area contributed by atoms with Crippen molar-refractivity contribution in [1.82, 2.24) is 15.1 Å². The second kappa shape index (κ2) is 7.82. The van der Waals surface area contributed by atoms with E-state index in [9.17, 15) is 22.4 Å². The number of hydrogen-bond donors (Lipinski definition) is 1. The fourth-order valence-electron chi connectivity index (χ4n) is 3.30.